The van der Waals surface area contributed by atoms with Crippen molar-refractivity contribution in [1.82, 2.24) is 14.8 Å². The van der Waals surface area contributed by atoms with Gasteiger partial charge in [-0.25, -0.2) is 9.37 Å². The third-order valence-electron chi connectivity index (χ3n) is 5.26. The number of hydrogen-bond acceptors (Lipinski definition) is 3. The molecule has 0 spiro atoms. The molecule has 2 amide bonds. The van der Waals surface area contributed by atoms with Crippen LogP contribution in [0.25, 0.3) is 22.2 Å². The summed E-state index contributed by atoms with van der Waals surface area (Å²) in [6, 6.07) is 15.1. The molecule has 6 heteroatoms. The van der Waals surface area contributed by atoms with Gasteiger partial charge in [0, 0.05) is 31.1 Å². The number of nitrogens with zero attached hydrogens (tertiary/aromatic N) is 3. The topological polar surface area (TPSA) is 53.5 Å². The van der Waals surface area contributed by atoms with Crippen molar-refractivity contribution in [2.75, 3.05) is 26.7 Å². The van der Waals surface area contributed by atoms with Gasteiger partial charge in [-0.3, -0.25) is 9.59 Å². The van der Waals surface area contributed by atoms with Crippen LogP contribution < -0.4 is 0 Å². The number of hydrogen-bond donors (Lipinski definition) is 0. The zero-order chi connectivity index (χ0) is 20.4. The van der Waals surface area contributed by atoms with Crippen molar-refractivity contribution in [3.05, 3.63) is 66.0 Å². The van der Waals surface area contributed by atoms with E-state index < -0.39 is 0 Å². The van der Waals surface area contributed by atoms with Crippen molar-refractivity contribution >= 4 is 22.7 Å². The monoisotopic (exact) mass is 391 g/mol. The number of aromatic nitrogens is 1. The van der Waals surface area contributed by atoms with E-state index in [0.717, 1.165) is 36.9 Å². The Hall–Kier alpha value is -3.28. The van der Waals surface area contributed by atoms with E-state index in [1.807, 2.05) is 24.3 Å². The predicted octanol–water partition coefficient (Wildman–Crippen LogP) is 3.74. The molecule has 4 rings (SSSR count). The van der Waals surface area contributed by atoms with E-state index in [0.29, 0.717) is 16.8 Å². The van der Waals surface area contributed by atoms with Crippen LogP contribution in [0.15, 0.2) is 54.6 Å². The molecule has 29 heavy (non-hydrogen) atoms. The fourth-order valence-corrected chi connectivity index (χ4v) is 3.67. The number of likely N-dealkylation sites (tertiary alicyclic amines) is 1. The van der Waals surface area contributed by atoms with Crippen LogP contribution in [0.1, 0.15) is 23.2 Å². The molecule has 1 aliphatic rings. The molecule has 3 aromatic rings. The lowest BCUT2D eigenvalue weighted by Gasteiger charge is -2.22. The van der Waals surface area contributed by atoms with E-state index >= 15 is 0 Å². The molecular weight excluding hydrogens is 369 g/mol. The molecule has 1 saturated heterocycles. The third-order valence-corrected chi connectivity index (χ3v) is 5.26. The van der Waals surface area contributed by atoms with Crippen LogP contribution in [0.5, 0.6) is 0 Å². The van der Waals surface area contributed by atoms with Gasteiger partial charge in [0.05, 0.1) is 23.3 Å². The molecule has 2 heterocycles. The van der Waals surface area contributed by atoms with Gasteiger partial charge in [0.15, 0.2) is 0 Å². The van der Waals surface area contributed by atoms with Gasteiger partial charge in [0.1, 0.15) is 5.82 Å². The van der Waals surface area contributed by atoms with Gasteiger partial charge < -0.3 is 9.80 Å². The van der Waals surface area contributed by atoms with Crippen LogP contribution in [-0.4, -0.2) is 53.3 Å². The Bertz CT molecular complexity index is 1060. The summed E-state index contributed by atoms with van der Waals surface area (Å²) in [7, 11) is 1.64. The molecule has 0 saturated carbocycles. The minimum atomic E-state index is -0.328. The van der Waals surface area contributed by atoms with Crippen molar-refractivity contribution < 1.29 is 14.0 Å². The maximum Gasteiger partial charge on any atom is 0.254 e. The lowest BCUT2D eigenvalue weighted by molar-refractivity contribution is -0.130. The van der Waals surface area contributed by atoms with E-state index in [-0.39, 0.29) is 24.2 Å². The normalized spacial score (nSPS) is 13.7. The number of para-hydroxylation sites is 1. The zero-order valence-corrected chi connectivity index (χ0v) is 16.3. The largest absolute Gasteiger partial charge is 0.341 e. The number of carbonyl (C=O) groups is 2. The summed E-state index contributed by atoms with van der Waals surface area (Å²) in [6.45, 7) is 1.56. The van der Waals surface area contributed by atoms with Gasteiger partial charge in [-0.05, 0) is 49.2 Å². The van der Waals surface area contributed by atoms with Gasteiger partial charge in [-0.2, -0.15) is 0 Å². The summed E-state index contributed by atoms with van der Waals surface area (Å²) in [6.07, 6.45) is 2.03. The number of pyridine rings is 1. The van der Waals surface area contributed by atoms with Crippen molar-refractivity contribution in [1.29, 1.82) is 0 Å². The number of amides is 2. The van der Waals surface area contributed by atoms with Gasteiger partial charge in [-0.1, -0.05) is 18.2 Å². The predicted molar refractivity (Wildman–Crippen MR) is 110 cm³/mol. The summed E-state index contributed by atoms with van der Waals surface area (Å²) >= 11 is 0. The molecule has 0 bridgehead atoms. The number of benzene rings is 2. The molecule has 1 aromatic heterocycles. The highest BCUT2D eigenvalue weighted by atomic mass is 19.1. The van der Waals surface area contributed by atoms with Gasteiger partial charge in [0.25, 0.3) is 5.91 Å². The first kappa shape index (κ1) is 19.1. The number of likely N-dealkylation sites (N-methyl/N-ethyl adjacent to an activating group) is 1. The molecule has 0 N–H and O–H groups in total. The fraction of sp³-hybridized carbons (Fsp3) is 0.261. The molecule has 0 aliphatic carbocycles. The summed E-state index contributed by atoms with van der Waals surface area (Å²) in [5.74, 6) is -0.596. The second kappa shape index (κ2) is 7.99. The van der Waals surface area contributed by atoms with Crippen molar-refractivity contribution in [3.63, 3.8) is 0 Å². The van der Waals surface area contributed by atoms with Crippen LogP contribution in [0, 0.1) is 5.82 Å². The van der Waals surface area contributed by atoms with Crippen LogP contribution in [0.4, 0.5) is 4.39 Å². The molecule has 0 radical (unpaired) electrons. The molecule has 0 atom stereocenters. The van der Waals surface area contributed by atoms with Crippen molar-refractivity contribution in [2.24, 2.45) is 0 Å². The van der Waals surface area contributed by atoms with Crippen LogP contribution >= 0.6 is 0 Å². The van der Waals surface area contributed by atoms with E-state index in [9.17, 15) is 14.0 Å². The summed E-state index contributed by atoms with van der Waals surface area (Å²) in [5.41, 5.74) is 2.47. The Labute approximate surface area is 168 Å². The van der Waals surface area contributed by atoms with Crippen molar-refractivity contribution in [2.45, 2.75) is 12.8 Å². The minimum absolute atomic E-state index is 0.0320. The summed E-state index contributed by atoms with van der Waals surface area (Å²) in [5, 5.41) is 0.726. The smallest absolute Gasteiger partial charge is 0.254 e. The maximum absolute atomic E-state index is 13.3. The molecule has 148 valence electrons. The van der Waals surface area contributed by atoms with Gasteiger partial charge in [0.2, 0.25) is 5.91 Å². The molecule has 2 aromatic carbocycles. The standard InChI is InChI=1S/C23H22FN3O2/c1-26(15-22(28)27-12-4-5-13-27)23(29)19-14-21(16-8-10-17(24)11-9-16)25-20-7-3-2-6-18(19)20/h2-3,6-11,14H,4-5,12-13,15H2,1H3. The van der Waals surface area contributed by atoms with Crippen LogP contribution in [0.3, 0.4) is 0 Å². The fourth-order valence-electron chi connectivity index (χ4n) is 3.67. The molecule has 1 aliphatic heterocycles. The Morgan fingerprint density at radius 1 is 1.07 bits per heavy atom. The number of carbonyl (C=O) groups excluding carboxylic acids is 2. The Morgan fingerprint density at radius 3 is 2.48 bits per heavy atom. The number of fused-ring (bicyclic) bond motifs is 1. The second-order valence-electron chi connectivity index (χ2n) is 7.33. The lowest BCUT2D eigenvalue weighted by atomic mass is 10.0. The Morgan fingerprint density at radius 2 is 1.76 bits per heavy atom. The van der Waals surface area contributed by atoms with Crippen molar-refractivity contribution in [3.8, 4) is 11.3 Å². The van der Waals surface area contributed by atoms with Crippen LogP contribution in [0.2, 0.25) is 0 Å². The van der Waals surface area contributed by atoms with Gasteiger partial charge in [-0.15, -0.1) is 0 Å². The van der Waals surface area contributed by atoms with Gasteiger partial charge >= 0.3 is 0 Å². The van der Waals surface area contributed by atoms with E-state index in [2.05, 4.69) is 4.98 Å². The maximum atomic E-state index is 13.3. The quantitative estimate of drug-likeness (QED) is 0.681. The number of halogens is 1. The lowest BCUT2D eigenvalue weighted by Crippen LogP contribution is -2.39. The zero-order valence-electron chi connectivity index (χ0n) is 16.3. The Balaban J connectivity index is 1.68. The summed E-state index contributed by atoms with van der Waals surface area (Å²) < 4.78 is 13.3. The van der Waals surface area contributed by atoms with Crippen LogP contribution in [-0.2, 0) is 4.79 Å². The molecule has 1 fully saturated rings. The highest BCUT2D eigenvalue weighted by molar-refractivity contribution is 6.07. The highest BCUT2D eigenvalue weighted by Crippen LogP contribution is 2.26. The number of rotatable bonds is 4. The summed E-state index contributed by atoms with van der Waals surface area (Å²) in [4.78, 5) is 33.6. The Kier molecular flexibility index (Phi) is 5.25. The van der Waals surface area contributed by atoms with E-state index in [1.54, 1.807) is 30.1 Å². The highest BCUT2D eigenvalue weighted by Gasteiger charge is 2.23. The second-order valence-corrected chi connectivity index (χ2v) is 7.33. The average Bonchev–Trinajstić information content (AvgIpc) is 3.28. The first-order valence-electron chi connectivity index (χ1n) is 9.72. The molecular formula is C23H22FN3O2. The SMILES string of the molecule is CN(CC(=O)N1CCCC1)C(=O)c1cc(-c2ccc(F)cc2)nc2ccccc12. The van der Waals surface area contributed by atoms with E-state index in [1.165, 1.54) is 17.0 Å². The first-order valence-corrected chi connectivity index (χ1v) is 9.72. The first-order chi connectivity index (χ1) is 14.0. The third kappa shape index (κ3) is 3.97. The molecule has 5 nitrogen and oxygen atoms in total. The minimum Gasteiger partial charge on any atom is -0.341 e. The molecule has 0 unspecified atom stereocenters. The average molecular weight is 391 g/mol. The van der Waals surface area contributed by atoms with E-state index in [4.69, 9.17) is 0 Å².